The van der Waals surface area contributed by atoms with E-state index >= 15 is 0 Å². The van der Waals surface area contributed by atoms with Crippen LogP contribution in [-0.4, -0.2) is 17.5 Å². The van der Waals surface area contributed by atoms with Gasteiger partial charge in [-0.1, -0.05) is 19.9 Å². The second kappa shape index (κ2) is 5.23. The van der Waals surface area contributed by atoms with Crippen molar-refractivity contribution >= 4 is 33.4 Å². The van der Waals surface area contributed by atoms with Gasteiger partial charge >= 0.3 is 0 Å². The van der Waals surface area contributed by atoms with Crippen LogP contribution >= 0.6 is 27.7 Å². The monoisotopic (exact) mass is 313 g/mol. The summed E-state index contributed by atoms with van der Waals surface area (Å²) < 4.78 is 1.17. The molecule has 0 bridgehead atoms. The number of halogens is 1. The Hall–Kier alpha value is -0.150. The van der Waals surface area contributed by atoms with E-state index in [9.17, 15) is 0 Å². The van der Waals surface area contributed by atoms with Crippen molar-refractivity contribution in [1.82, 2.24) is 0 Å². The molecule has 1 aliphatic heterocycles. The molecule has 1 aromatic rings. The topological polar surface area (TPSA) is 12.0 Å². The molecule has 0 radical (unpaired) electrons. The van der Waals surface area contributed by atoms with E-state index in [1.807, 2.05) is 0 Å². The number of benzene rings is 1. The lowest BCUT2D eigenvalue weighted by Gasteiger charge is -2.39. The van der Waals surface area contributed by atoms with Gasteiger partial charge in [0.2, 0.25) is 0 Å². The second-order valence-corrected chi connectivity index (χ2v) is 7.50. The summed E-state index contributed by atoms with van der Waals surface area (Å²) in [7, 11) is 0. The molecular weight excluding hydrogens is 294 g/mol. The number of thioether (sulfide) groups is 1. The average molecular weight is 314 g/mol. The summed E-state index contributed by atoms with van der Waals surface area (Å²) in [6, 6.07) is 7.07. The summed E-state index contributed by atoms with van der Waals surface area (Å²) in [5, 5.41) is 3.70. The van der Waals surface area contributed by atoms with Crippen LogP contribution in [0.5, 0.6) is 0 Å². The van der Waals surface area contributed by atoms with Gasteiger partial charge in [-0.2, -0.15) is 11.8 Å². The van der Waals surface area contributed by atoms with E-state index in [1.54, 1.807) is 0 Å². The van der Waals surface area contributed by atoms with Gasteiger partial charge in [0.15, 0.2) is 0 Å². The normalized spacial score (nSPS) is 23.4. The molecule has 1 unspecified atom stereocenters. The lowest BCUT2D eigenvalue weighted by molar-refractivity contribution is 0.305. The molecule has 1 aromatic carbocycles. The Kier molecular flexibility index (Phi) is 4.09. The average Bonchev–Trinajstić information content (AvgIpc) is 2.24. The highest BCUT2D eigenvalue weighted by Crippen LogP contribution is 2.37. The molecule has 1 aliphatic rings. The zero-order valence-electron chi connectivity index (χ0n) is 10.7. The van der Waals surface area contributed by atoms with Crippen LogP contribution in [0.3, 0.4) is 0 Å². The predicted octanol–water partition coefficient (Wildman–Crippen LogP) is 4.70. The van der Waals surface area contributed by atoms with Gasteiger partial charge < -0.3 is 5.32 Å². The van der Waals surface area contributed by atoms with Crippen molar-refractivity contribution in [3.05, 3.63) is 28.2 Å². The zero-order chi connectivity index (χ0) is 12.5. The van der Waals surface area contributed by atoms with Crippen molar-refractivity contribution in [3.63, 3.8) is 0 Å². The van der Waals surface area contributed by atoms with Gasteiger partial charge in [-0.15, -0.1) is 0 Å². The van der Waals surface area contributed by atoms with Gasteiger partial charge in [0, 0.05) is 22.0 Å². The summed E-state index contributed by atoms with van der Waals surface area (Å²) in [5.74, 6) is 2.49. The molecule has 0 saturated carbocycles. The molecule has 1 saturated heterocycles. The van der Waals surface area contributed by atoms with Crippen LogP contribution in [0.25, 0.3) is 0 Å². The van der Waals surface area contributed by atoms with Gasteiger partial charge in [0.25, 0.3) is 0 Å². The van der Waals surface area contributed by atoms with Crippen molar-refractivity contribution in [2.75, 3.05) is 16.8 Å². The molecule has 0 amide bonds. The highest BCUT2D eigenvalue weighted by atomic mass is 79.9. The van der Waals surface area contributed by atoms with Crippen molar-refractivity contribution in [3.8, 4) is 0 Å². The third-order valence-electron chi connectivity index (χ3n) is 3.57. The van der Waals surface area contributed by atoms with Crippen molar-refractivity contribution < 1.29 is 0 Å². The zero-order valence-corrected chi connectivity index (χ0v) is 13.1. The standard InChI is InChI=1S/C14H20BrNS/c1-10-4-5-12(11(15)8-10)16-13-9-17-7-6-14(13,2)3/h4-5,8,13,16H,6-7,9H2,1-3H3. The van der Waals surface area contributed by atoms with E-state index in [4.69, 9.17) is 0 Å². The fraction of sp³-hybridized carbons (Fsp3) is 0.571. The molecule has 0 spiro atoms. The summed E-state index contributed by atoms with van der Waals surface area (Å²) in [6.07, 6.45) is 1.29. The highest BCUT2D eigenvalue weighted by molar-refractivity contribution is 9.10. The van der Waals surface area contributed by atoms with E-state index in [0.29, 0.717) is 11.5 Å². The minimum Gasteiger partial charge on any atom is -0.380 e. The molecule has 0 aliphatic carbocycles. The molecule has 1 heterocycles. The third-order valence-corrected chi connectivity index (χ3v) is 5.29. The number of hydrogen-bond acceptors (Lipinski definition) is 2. The fourth-order valence-electron chi connectivity index (χ4n) is 2.10. The molecule has 1 fully saturated rings. The number of anilines is 1. The first-order chi connectivity index (χ1) is 7.99. The van der Waals surface area contributed by atoms with E-state index in [0.717, 1.165) is 0 Å². The molecule has 94 valence electrons. The minimum atomic E-state index is 0.385. The van der Waals surface area contributed by atoms with Gasteiger partial charge in [-0.3, -0.25) is 0 Å². The molecule has 0 aromatic heterocycles. The molecule has 17 heavy (non-hydrogen) atoms. The van der Waals surface area contributed by atoms with Crippen LogP contribution in [0.1, 0.15) is 25.8 Å². The van der Waals surface area contributed by atoms with Crippen LogP contribution in [0.2, 0.25) is 0 Å². The SMILES string of the molecule is Cc1ccc(NC2CSCCC2(C)C)c(Br)c1. The van der Waals surface area contributed by atoms with Gasteiger partial charge in [-0.05, 0) is 58.1 Å². The van der Waals surface area contributed by atoms with Crippen molar-refractivity contribution in [2.24, 2.45) is 5.41 Å². The van der Waals surface area contributed by atoms with Crippen molar-refractivity contribution in [1.29, 1.82) is 0 Å². The third kappa shape index (κ3) is 3.19. The van der Waals surface area contributed by atoms with Crippen LogP contribution in [-0.2, 0) is 0 Å². The fourth-order valence-corrected chi connectivity index (χ4v) is 4.31. The largest absolute Gasteiger partial charge is 0.380 e. The molecule has 3 heteroatoms. The summed E-state index contributed by atoms with van der Waals surface area (Å²) >= 11 is 5.70. The minimum absolute atomic E-state index is 0.385. The van der Waals surface area contributed by atoms with Crippen LogP contribution in [0.15, 0.2) is 22.7 Å². The van der Waals surface area contributed by atoms with Crippen LogP contribution in [0, 0.1) is 12.3 Å². The van der Waals surface area contributed by atoms with E-state index in [-0.39, 0.29) is 0 Å². The smallest absolute Gasteiger partial charge is 0.0487 e. The quantitative estimate of drug-likeness (QED) is 0.849. The number of rotatable bonds is 2. The Morgan fingerprint density at radius 1 is 1.41 bits per heavy atom. The second-order valence-electron chi connectivity index (χ2n) is 5.49. The summed E-state index contributed by atoms with van der Waals surface area (Å²) in [5.41, 5.74) is 2.89. The Balaban J connectivity index is 2.14. The Morgan fingerprint density at radius 3 is 2.82 bits per heavy atom. The lowest BCUT2D eigenvalue weighted by Crippen LogP contribution is -2.41. The Bertz CT molecular complexity index is 403. The molecule has 2 rings (SSSR count). The predicted molar refractivity (Wildman–Crippen MR) is 82.0 cm³/mol. The first-order valence-corrected chi connectivity index (χ1v) is 8.04. The van der Waals surface area contributed by atoms with Crippen LogP contribution < -0.4 is 5.32 Å². The maximum atomic E-state index is 3.70. The number of aryl methyl sites for hydroxylation is 1. The first-order valence-electron chi connectivity index (χ1n) is 6.09. The molecule has 1 atom stereocenters. The Morgan fingerprint density at radius 2 is 2.18 bits per heavy atom. The molecular formula is C14H20BrNS. The van der Waals surface area contributed by atoms with Gasteiger partial charge in [0.05, 0.1) is 0 Å². The Labute approximate surface area is 117 Å². The van der Waals surface area contributed by atoms with Crippen LogP contribution in [0.4, 0.5) is 5.69 Å². The highest BCUT2D eigenvalue weighted by Gasteiger charge is 2.32. The maximum Gasteiger partial charge on any atom is 0.0487 e. The van der Waals surface area contributed by atoms with E-state index < -0.39 is 0 Å². The maximum absolute atomic E-state index is 3.70. The lowest BCUT2D eigenvalue weighted by atomic mass is 9.82. The summed E-state index contributed by atoms with van der Waals surface area (Å²) in [6.45, 7) is 6.86. The van der Waals surface area contributed by atoms with E-state index in [2.05, 4.69) is 72.0 Å². The van der Waals surface area contributed by atoms with Crippen molar-refractivity contribution in [2.45, 2.75) is 33.2 Å². The number of nitrogens with one attached hydrogen (secondary N) is 1. The summed E-state index contributed by atoms with van der Waals surface area (Å²) in [4.78, 5) is 0. The van der Waals surface area contributed by atoms with E-state index in [1.165, 1.54) is 33.7 Å². The molecule has 1 N–H and O–H groups in total. The van der Waals surface area contributed by atoms with Gasteiger partial charge in [-0.25, -0.2) is 0 Å². The molecule has 1 nitrogen and oxygen atoms in total. The first kappa shape index (κ1) is 13.3. The number of hydrogen-bond donors (Lipinski definition) is 1. The van der Waals surface area contributed by atoms with Gasteiger partial charge in [0.1, 0.15) is 0 Å².